The fourth-order valence-electron chi connectivity index (χ4n) is 2.14. The Morgan fingerprint density at radius 3 is 2.86 bits per heavy atom. The first-order chi connectivity index (χ1) is 10.1. The molecule has 3 aromatic rings. The van der Waals surface area contributed by atoms with E-state index in [9.17, 15) is 0 Å². The van der Waals surface area contributed by atoms with Crippen LogP contribution in [0.4, 0.5) is 17.3 Å². The summed E-state index contributed by atoms with van der Waals surface area (Å²) in [6, 6.07) is 9.23. The largest absolute Gasteiger partial charge is 0.495 e. The molecule has 6 heteroatoms. The normalized spacial score (nSPS) is 10.8. The highest BCUT2D eigenvalue weighted by Crippen LogP contribution is 2.32. The van der Waals surface area contributed by atoms with Crippen molar-refractivity contribution in [2.45, 2.75) is 6.92 Å². The molecule has 0 spiro atoms. The molecule has 21 heavy (non-hydrogen) atoms. The number of halogens is 1. The number of H-pyrrole nitrogens is 1. The molecule has 0 saturated carbocycles. The Morgan fingerprint density at radius 1 is 1.29 bits per heavy atom. The number of fused-ring (bicyclic) bond motifs is 1. The van der Waals surface area contributed by atoms with Crippen molar-refractivity contribution in [2.75, 3.05) is 18.2 Å². The zero-order chi connectivity index (χ0) is 15.0. The standard InChI is InChI=1S/C15H15ClN4O/c1-8-5-13(14(21-2)7-10(8)16)20-15-18-11-4-3-9(17)6-12(11)19-15/h3-7H,17H2,1-2H3,(H2,18,19,20). The first-order valence-corrected chi connectivity index (χ1v) is 6.81. The summed E-state index contributed by atoms with van der Waals surface area (Å²) < 4.78 is 5.34. The monoisotopic (exact) mass is 302 g/mol. The van der Waals surface area contributed by atoms with Crippen molar-refractivity contribution < 1.29 is 4.74 Å². The molecule has 0 saturated heterocycles. The van der Waals surface area contributed by atoms with Crippen molar-refractivity contribution in [3.63, 3.8) is 0 Å². The lowest BCUT2D eigenvalue weighted by atomic mass is 10.2. The van der Waals surface area contributed by atoms with E-state index in [2.05, 4.69) is 15.3 Å². The lowest BCUT2D eigenvalue weighted by molar-refractivity contribution is 0.416. The van der Waals surface area contributed by atoms with Crippen LogP contribution in [0.25, 0.3) is 11.0 Å². The molecule has 2 aromatic carbocycles. The van der Waals surface area contributed by atoms with Crippen LogP contribution < -0.4 is 15.8 Å². The van der Waals surface area contributed by atoms with Gasteiger partial charge in [0.25, 0.3) is 0 Å². The Balaban J connectivity index is 2.00. The minimum Gasteiger partial charge on any atom is -0.495 e. The molecule has 0 bridgehead atoms. The number of nitrogens with two attached hydrogens (primary N) is 1. The average Bonchev–Trinajstić information content (AvgIpc) is 2.84. The molecule has 3 rings (SSSR count). The van der Waals surface area contributed by atoms with E-state index in [1.165, 1.54) is 0 Å². The summed E-state index contributed by atoms with van der Waals surface area (Å²) in [5.41, 5.74) is 9.93. The second kappa shape index (κ2) is 5.18. The van der Waals surface area contributed by atoms with Crippen LogP contribution in [0, 0.1) is 6.92 Å². The molecule has 0 amide bonds. The highest BCUT2D eigenvalue weighted by Gasteiger charge is 2.09. The number of aryl methyl sites for hydroxylation is 1. The Bertz CT molecular complexity index is 813. The number of hydrogen-bond acceptors (Lipinski definition) is 4. The molecule has 1 aromatic heterocycles. The SMILES string of the molecule is COc1cc(Cl)c(C)cc1Nc1nc2ccc(N)cc2[nH]1. The first kappa shape index (κ1) is 13.6. The molecule has 108 valence electrons. The van der Waals surface area contributed by atoms with Gasteiger partial charge in [-0.25, -0.2) is 4.98 Å². The highest BCUT2D eigenvalue weighted by atomic mass is 35.5. The van der Waals surface area contributed by atoms with Gasteiger partial charge in [0.05, 0.1) is 23.8 Å². The van der Waals surface area contributed by atoms with Crippen LogP contribution in [0.5, 0.6) is 5.75 Å². The molecule has 4 N–H and O–H groups in total. The molecule has 0 aliphatic rings. The van der Waals surface area contributed by atoms with E-state index in [-0.39, 0.29) is 0 Å². The van der Waals surface area contributed by atoms with Gasteiger partial charge in [0.1, 0.15) is 5.75 Å². The van der Waals surface area contributed by atoms with E-state index in [1.807, 2.05) is 31.2 Å². The lowest BCUT2D eigenvalue weighted by Gasteiger charge is -2.11. The molecular formula is C15H15ClN4O. The molecule has 0 fully saturated rings. The van der Waals surface area contributed by atoms with Gasteiger partial charge in [0.2, 0.25) is 5.95 Å². The van der Waals surface area contributed by atoms with Crippen molar-refractivity contribution in [2.24, 2.45) is 0 Å². The van der Waals surface area contributed by atoms with Crippen LogP contribution in [-0.2, 0) is 0 Å². The first-order valence-electron chi connectivity index (χ1n) is 6.43. The molecule has 5 nitrogen and oxygen atoms in total. The second-order valence-electron chi connectivity index (χ2n) is 4.79. The van der Waals surface area contributed by atoms with Crippen LogP contribution >= 0.6 is 11.6 Å². The van der Waals surface area contributed by atoms with Crippen molar-refractivity contribution >= 4 is 40.0 Å². The lowest BCUT2D eigenvalue weighted by Crippen LogP contribution is -1.97. The predicted octanol–water partition coefficient (Wildman–Crippen LogP) is 3.86. The molecule has 0 atom stereocenters. The number of nitrogens with one attached hydrogen (secondary N) is 2. The third kappa shape index (κ3) is 2.60. The smallest absolute Gasteiger partial charge is 0.205 e. The van der Waals surface area contributed by atoms with Crippen LogP contribution in [0.1, 0.15) is 5.56 Å². The molecule has 0 unspecified atom stereocenters. The topological polar surface area (TPSA) is 76.0 Å². The van der Waals surface area contributed by atoms with Gasteiger partial charge >= 0.3 is 0 Å². The summed E-state index contributed by atoms with van der Waals surface area (Å²) in [6.07, 6.45) is 0. The predicted molar refractivity (Wildman–Crippen MR) is 86.5 cm³/mol. The Morgan fingerprint density at radius 2 is 2.10 bits per heavy atom. The third-order valence-corrected chi connectivity index (χ3v) is 3.65. The summed E-state index contributed by atoms with van der Waals surface area (Å²) in [6.45, 7) is 1.94. The zero-order valence-electron chi connectivity index (χ0n) is 11.7. The molecule has 1 heterocycles. The van der Waals surface area contributed by atoms with Gasteiger partial charge < -0.3 is 20.8 Å². The summed E-state index contributed by atoms with van der Waals surface area (Å²) in [4.78, 5) is 7.65. The van der Waals surface area contributed by atoms with Crippen molar-refractivity contribution in [1.82, 2.24) is 9.97 Å². The number of aromatic nitrogens is 2. The fraction of sp³-hybridized carbons (Fsp3) is 0.133. The number of nitrogen functional groups attached to an aromatic ring is 1. The summed E-state index contributed by atoms with van der Waals surface area (Å²) in [5, 5.41) is 3.87. The zero-order valence-corrected chi connectivity index (χ0v) is 12.5. The minimum absolute atomic E-state index is 0.621. The number of hydrogen-bond donors (Lipinski definition) is 3. The number of nitrogens with zero attached hydrogens (tertiary/aromatic N) is 1. The van der Waals surface area contributed by atoms with E-state index in [4.69, 9.17) is 22.1 Å². The number of ether oxygens (including phenoxy) is 1. The van der Waals surface area contributed by atoms with Crippen LogP contribution in [0.15, 0.2) is 30.3 Å². The third-order valence-electron chi connectivity index (χ3n) is 3.24. The van der Waals surface area contributed by atoms with Gasteiger partial charge in [-0.2, -0.15) is 0 Å². The van der Waals surface area contributed by atoms with Crippen molar-refractivity contribution in [1.29, 1.82) is 0 Å². The number of anilines is 3. The van der Waals surface area contributed by atoms with E-state index in [0.29, 0.717) is 22.4 Å². The number of imidazole rings is 1. The van der Waals surface area contributed by atoms with Crippen molar-refractivity contribution in [3.8, 4) is 5.75 Å². The number of methoxy groups -OCH3 is 1. The minimum atomic E-state index is 0.621. The van der Waals surface area contributed by atoms with E-state index >= 15 is 0 Å². The second-order valence-corrected chi connectivity index (χ2v) is 5.20. The molecule has 0 aliphatic heterocycles. The van der Waals surface area contributed by atoms with Crippen LogP contribution in [-0.4, -0.2) is 17.1 Å². The summed E-state index contributed by atoms with van der Waals surface area (Å²) in [7, 11) is 1.60. The average molecular weight is 303 g/mol. The summed E-state index contributed by atoms with van der Waals surface area (Å²) in [5.74, 6) is 1.28. The maximum Gasteiger partial charge on any atom is 0.205 e. The van der Waals surface area contributed by atoms with E-state index in [1.54, 1.807) is 13.2 Å². The van der Waals surface area contributed by atoms with Crippen LogP contribution in [0.3, 0.4) is 0 Å². The van der Waals surface area contributed by atoms with Gasteiger partial charge in [-0.1, -0.05) is 11.6 Å². The highest BCUT2D eigenvalue weighted by molar-refractivity contribution is 6.31. The van der Waals surface area contributed by atoms with Gasteiger partial charge in [-0.15, -0.1) is 0 Å². The van der Waals surface area contributed by atoms with Crippen molar-refractivity contribution in [3.05, 3.63) is 40.9 Å². The van der Waals surface area contributed by atoms with E-state index in [0.717, 1.165) is 22.3 Å². The fourth-order valence-corrected chi connectivity index (χ4v) is 2.30. The van der Waals surface area contributed by atoms with E-state index < -0.39 is 0 Å². The summed E-state index contributed by atoms with van der Waals surface area (Å²) >= 11 is 6.10. The Labute approximate surface area is 127 Å². The number of aromatic amines is 1. The molecule has 0 aliphatic carbocycles. The molecular weight excluding hydrogens is 288 g/mol. The number of benzene rings is 2. The Kier molecular flexibility index (Phi) is 3.35. The van der Waals surface area contributed by atoms with Gasteiger partial charge in [0, 0.05) is 16.8 Å². The quantitative estimate of drug-likeness (QED) is 0.642. The number of rotatable bonds is 3. The van der Waals surface area contributed by atoms with Gasteiger partial charge in [-0.3, -0.25) is 0 Å². The molecule has 0 radical (unpaired) electrons. The Hall–Kier alpha value is -2.40. The maximum absolute atomic E-state index is 6.10. The van der Waals surface area contributed by atoms with Crippen LogP contribution in [0.2, 0.25) is 5.02 Å². The maximum atomic E-state index is 6.10. The van der Waals surface area contributed by atoms with Gasteiger partial charge in [0.15, 0.2) is 0 Å². The van der Waals surface area contributed by atoms with Gasteiger partial charge in [-0.05, 0) is 36.8 Å².